The summed E-state index contributed by atoms with van der Waals surface area (Å²) in [5, 5.41) is 8.30. The highest BCUT2D eigenvalue weighted by Gasteiger charge is 2.24. The monoisotopic (exact) mass is 128 g/mol. The predicted octanol–water partition coefficient (Wildman–Crippen LogP) is 0.416. The maximum atomic E-state index is 10.1. The van der Waals surface area contributed by atoms with Crippen LogP contribution >= 0.6 is 0 Å². The molecular weight excluding hydrogens is 120 g/mol. The summed E-state index contributed by atoms with van der Waals surface area (Å²) in [6, 6.07) is 0. The fraction of sp³-hybridized carbons (Fsp3) is 0.500. The fourth-order valence-corrected chi connectivity index (χ4v) is 0.548. The van der Waals surface area contributed by atoms with Gasteiger partial charge in [-0.1, -0.05) is 6.58 Å². The molecule has 0 saturated carbocycles. The third kappa shape index (κ3) is 1.85. The second kappa shape index (κ2) is 2.19. The Bertz CT molecular complexity index is 146. The Balaban J connectivity index is 2.25. The number of ether oxygens (including phenoxy) is 1. The summed E-state index contributed by atoms with van der Waals surface area (Å²) in [5.74, 6) is -0.925. The van der Waals surface area contributed by atoms with Gasteiger partial charge in [0.05, 0.1) is 12.7 Å². The molecule has 9 heavy (non-hydrogen) atoms. The van der Waals surface area contributed by atoms with Gasteiger partial charge in [-0.2, -0.15) is 0 Å². The second-order valence-electron chi connectivity index (χ2n) is 2.07. The second-order valence-corrected chi connectivity index (χ2v) is 2.07. The van der Waals surface area contributed by atoms with Crippen molar-refractivity contribution >= 4 is 5.97 Å². The molecule has 1 N–H and O–H groups in total. The van der Waals surface area contributed by atoms with E-state index in [9.17, 15) is 4.79 Å². The molecule has 0 bridgehead atoms. The molecule has 1 aliphatic rings. The van der Waals surface area contributed by atoms with Gasteiger partial charge in [0.1, 0.15) is 0 Å². The largest absolute Gasteiger partial charge is 0.478 e. The van der Waals surface area contributed by atoms with Gasteiger partial charge < -0.3 is 9.84 Å². The summed E-state index contributed by atoms with van der Waals surface area (Å²) >= 11 is 0. The van der Waals surface area contributed by atoms with E-state index in [2.05, 4.69) is 6.58 Å². The number of hydrogen-bond acceptors (Lipinski definition) is 2. The standard InChI is InChI=1S/C6H8O3/c1-4(6(7)8)2-5-3-9-5/h5H,1-3H2,(H,7,8). The Labute approximate surface area is 52.9 Å². The Hall–Kier alpha value is -0.830. The molecular formula is C6H8O3. The smallest absolute Gasteiger partial charge is 0.331 e. The minimum Gasteiger partial charge on any atom is -0.478 e. The van der Waals surface area contributed by atoms with E-state index < -0.39 is 5.97 Å². The highest BCUT2D eigenvalue weighted by atomic mass is 16.6. The average Bonchev–Trinajstić information content (AvgIpc) is 2.50. The van der Waals surface area contributed by atoms with Crippen LogP contribution in [-0.2, 0) is 9.53 Å². The van der Waals surface area contributed by atoms with Crippen molar-refractivity contribution in [2.75, 3.05) is 6.61 Å². The molecule has 0 aromatic carbocycles. The maximum Gasteiger partial charge on any atom is 0.331 e. The third-order valence-corrected chi connectivity index (χ3v) is 1.18. The molecule has 1 fully saturated rings. The van der Waals surface area contributed by atoms with Gasteiger partial charge in [0.15, 0.2) is 0 Å². The van der Waals surface area contributed by atoms with Gasteiger partial charge in [-0.15, -0.1) is 0 Å². The zero-order valence-electron chi connectivity index (χ0n) is 4.96. The lowest BCUT2D eigenvalue weighted by Gasteiger charge is -1.92. The SMILES string of the molecule is C=C(CC1CO1)C(=O)O. The number of carbonyl (C=O) groups is 1. The van der Waals surface area contributed by atoms with Gasteiger partial charge in [-0.3, -0.25) is 0 Å². The van der Waals surface area contributed by atoms with Crippen molar-refractivity contribution in [3.63, 3.8) is 0 Å². The highest BCUT2D eigenvalue weighted by molar-refractivity contribution is 5.85. The molecule has 3 nitrogen and oxygen atoms in total. The van der Waals surface area contributed by atoms with E-state index in [4.69, 9.17) is 9.84 Å². The lowest BCUT2D eigenvalue weighted by atomic mass is 10.2. The number of hydrogen-bond donors (Lipinski definition) is 1. The fourth-order valence-electron chi connectivity index (χ4n) is 0.548. The minimum absolute atomic E-state index is 0.133. The molecule has 50 valence electrons. The first-order valence-electron chi connectivity index (χ1n) is 2.73. The first kappa shape index (κ1) is 6.29. The van der Waals surface area contributed by atoms with E-state index >= 15 is 0 Å². The summed E-state index contributed by atoms with van der Waals surface area (Å²) in [6.07, 6.45) is 0.601. The molecule has 0 aliphatic carbocycles. The van der Waals surface area contributed by atoms with Crippen LogP contribution in [0.2, 0.25) is 0 Å². The zero-order valence-corrected chi connectivity index (χ0v) is 4.96. The van der Waals surface area contributed by atoms with Gasteiger partial charge in [-0.25, -0.2) is 4.79 Å². The predicted molar refractivity (Wildman–Crippen MR) is 31.1 cm³/mol. The molecule has 0 aromatic heterocycles. The van der Waals surface area contributed by atoms with Crippen LogP contribution in [0.15, 0.2) is 12.2 Å². The van der Waals surface area contributed by atoms with E-state index in [1.54, 1.807) is 0 Å². The topological polar surface area (TPSA) is 49.8 Å². The average molecular weight is 128 g/mol. The normalized spacial score (nSPS) is 23.3. The molecule has 1 rings (SSSR count). The van der Waals surface area contributed by atoms with Crippen LogP contribution < -0.4 is 0 Å². The van der Waals surface area contributed by atoms with E-state index in [1.807, 2.05) is 0 Å². The van der Waals surface area contributed by atoms with Crippen molar-refractivity contribution in [1.82, 2.24) is 0 Å². The molecule has 1 aliphatic heterocycles. The molecule has 3 heteroatoms. The zero-order chi connectivity index (χ0) is 6.85. The minimum atomic E-state index is -0.925. The molecule has 0 radical (unpaired) electrons. The van der Waals surface area contributed by atoms with Crippen LogP contribution in [0.25, 0.3) is 0 Å². The number of carboxylic acid groups (broad SMARTS) is 1. The summed E-state index contributed by atoms with van der Waals surface area (Å²) in [6.45, 7) is 4.04. The lowest BCUT2D eigenvalue weighted by molar-refractivity contribution is -0.132. The molecule has 1 atom stereocenters. The lowest BCUT2D eigenvalue weighted by Crippen LogP contribution is -2.01. The number of rotatable bonds is 3. The summed E-state index contributed by atoms with van der Waals surface area (Å²) < 4.78 is 4.81. The Morgan fingerprint density at radius 2 is 2.44 bits per heavy atom. The highest BCUT2D eigenvalue weighted by Crippen LogP contribution is 2.17. The van der Waals surface area contributed by atoms with Gasteiger partial charge >= 0.3 is 5.97 Å². The van der Waals surface area contributed by atoms with Crippen molar-refractivity contribution < 1.29 is 14.6 Å². The molecule has 0 aromatic rings. The van der Waals surface area contributed by atoms with Crippen LogP contribution in [0, 0.1) is 0 Å². The quantitative estimate of drug-likeness (QED) is 0.442. The summed E-state index contributed by atoms with van der Waals surface area (Å²) in [4.78, 5) is 10.1. The first-order chi connectivity index (χ1) is 4.20. The Morgan fingerprint density at radius 1 is 1.89 bits per heavy atom. The van der Waals surface area contributed by atoms with Crippen molar-refractivity contribution in [1.29, 1.82) is 0 Å². The van der Waals surface area contributed by atoms with Crippen LogP contribution in [-0.4, -0.2) is 23.8 Å². The van der Waals surface area contributed by atoms with Gasteiger partial charge in [0.25, 0.3) is 0 Å². The number of carboxylic acids is 1. The van der Waals surface area contributed by atoms with Crippen LogP contribution in [0.3, 0.4) is 0 Å². The molecule has 0 spiro atoms. The van der Waals surface area contributed by atoms with Crippen LogP contribution in [0.1, 0.15) is 6.42 Å². The molecule has 1 unspecified atom stereocenters. The van der Waals surface area contributed by atoms with Gasteiger partial charge in [0.2, 0.25) is 0 Å². The Kier molecular flexibility index (Phi) is 1.53. The van der Waals surface area contributed by atoms with E-state index in [0.29, 0.717) is 13.0 Å². The Morgan fingerprint density at radius 3 is 2.78 bits per heavy atom. The maximum absolute atomic E-state index is 10.1. The van der Waals surface area contributed by atoms with E-state index in [1.165, 1.54) is 0 Å². The van der Waals surface area contributed by atoms with Gasteiger partial charge in [-0.05, 0) is 0 Å². The third-order valence-electron chi connectivity index (χ3n) is 1.18. The summed E-state index contributed by atoms with van der Waals surface area (Å²) in [5.41, 5.74) is 0.234. The molecule has 1 heterocycles. The molecule has 1 saturated heterocycles. The molecule has 0 amide bonds. The van der Waals surface area contributed by atoms with E-state index in [0.717, 1.165) is 0 Å². The van der Waals surface area contributed by atoms with Gasteiger partial charge in [0, 0.05) is 12.0 Å². The summed E-state index contributed by atoms with van der Waals surface area (Å²) in [7, 11) is 0. The van der Waals surface area contributed by atoms with Crippen LogP contribution in [0.4, 0.5) is 0 Å². The van der Waals surface area contributed by atoms with Crippen LogP contribution in [0.5, 0.6) is 0 Å². The number of epoxide rings is 1. The van der Waals surface area contributed by atoms with Crippen molar-refractivity contribution in [2.45, 2.75) is 12.5 Å². The number of aliphatic carboxylic acids is 1. The first-order valence-corrected chi connectivity index (χ1v) is 2.73. The van der Waals surface area contributed by atoms with Crippen molar-refractivity contribution in [3.8, 4) is 0 Å². The van der Waals surface area contributed by atoms with Crippen molar-refractivity contribution in [2.24, 2.45) is 0 Å². The van der Waals surface area contributed by atoms with Crippen molar-refractivity contribution in [3.05, 3.63) is 12.2 Å². The van der Waals surface area contributed by atoms with E-state index in [-0.39, 0.29) is 11.7 Å².